The summed E-state index contributed by atoms with van der Waals surface area (Å²) in [4.78, 5) is 0. The summed E-state index contributed by atoms with van der Waals surface area (Å²) in [6.07, 6.45) is 0. The average Bonchev–Trinajstić information content (AvgIpc) is 2.67. The van der Waals surface area contributed by atoms with Crippen LogP contribution in [0.1, 0.15) is 25.3 Å². The molecule has 2 aromatic carbocycles. The van der Waals surface area contributed by atoms with E-state index in [4.69, 9.17) is 11.6 Å². The van der Waals surface area contributed by atoms with Gasteiger partial charge in [-0.15, -0.1) is 11.3 Å². The van der Waals surface area contributed by atoms with Crippen LogP contribution in [0.5, 0.6) is 0 Å². The Morgan fingerprint density at radius 3 is 2.65 bits per heavy atom. The molecule has 17 heavy (non-hydrogen) atoms. The fourth-order valence-corrected chi connectivity index (χ4v) is 3.67. The Morgan fingerprint density at radius 1 is 1.06 bits per heavy atom. The summed E-state index contributed by atoms with van der Waals surface area (Å²) in [6, 6.07) is 12.8. The Balaban J connectivity index is 2.40. The maximum absolute atomic E-state index is 6.29. The zero-order chi connectivity index (χ0) is 12.0. The van der Waals surface area contributed by atoms with Gasteiger partial charge in [-0.1, -0.05) is 43.6 Å². The smallest absolute Gasteiger partial charge is 0.0499 e. The predicted molar refractivity (Wildman–Crippen MR) is 78.4 cm³/mol. The number of rotatable bonds is 1. The molecule has 0 bridgehead atoms. The fraction of sp³-hybridized carbons (Fsp3) is 0.200. The van der Waals surface area contributed by atoms with Crippen molar-refractivity contribution in [1.29, 1.82) is 0 Å². The van der Waals surface area contributed by atoms with Crippen molar-refractivity contribution in [2.45, 2.75) is 19.8 Å². The lowest BCUT2D eigenvalue weighted by Crippen LogP contribution is -1.84. The Labute approximate surface area is 110 Å². The van der Waals surface area contributed by atoms with Gasteiger partial charge in [0.1, 0.15) is 0 Å². The van der Waals surface area contributed by atoms with Crippen molar-refractivity contribution in [2.75, 3.05) is 0 Å². The van der Waals surface area contributed by atoms with Crippen molar-refractivity contribution in [2.24, 2.45) is 0 Å². The number of hydrogen-bond acceptors (Lipinski definition) is 1. The van der Waals surface area contributed by atoms with Gasteiger partial charge in [0.25, 0.3) is 0 Å². The molecule has 3 rings (SSSR count). The Bertz CT molecular complexity index is 695. The van der Waals surface area contributed by atoms with Crippen molar-refractivity contribution in [3.8, 4) is 0 Å². The number of hydrogen-bond donors (Lipinski definition) is 0. The van der Waals surface area contributed by atoms with E-state index in [1.54, 1.807) is 0 Å². The number of fused-ring (bicyclic) bond motifs is 3. The molecule has 0 atom stereocenters. The van der Waals surface area contributed by atoms with Gasteiger partial charge in [0, 0.05) is 25.2 Å². The molecular weight excluding hydrogens is 248 g/mol. The van der Waals surface area contributed by atoms with Crippen LogP contribution in [0, 0.1) is 0 Å². The summed E-state index contributed by atoms with van der Waals surface area (Å²) in [5, 5.41) is 3.33. The standard InChI is InChI=1S/C15H13ClS/c1-9(2)10-6-7-11-14(8-10)17-13-5-3-4-12(16)15(11)13/h3-9H,1-2H3. The summed E-state index contributed by atoms with van der Waals surface area (Å²) in [7, 11) is 0. The Morgan fingerprint density at radius 2 is 1.88 bits per heavy atom. The van der Waals surface area contributed by atoms with Gasteiger partial charge in [0.2, 0.25) is 0 Å². The van der Waals surface area contributed by atoms with E-state index in [0.29, 0.717) is 5.92 Å². The quantitative estimate of drug-likeness (QED) is 0.516. The first-order chi connectivity index (χ1) is 8.16. The molecule has 0 fully saturated rings. The van der Waals surface area contributed by atoms with E-state index in [0.717, 1.165) is 5.02 Å². The van der Waals surface area contributed by atoms with E-state index < -0.39 is 0 Å². The minimum absolute atomic E-state index is 0.570. The van der Waals surface area contributed by atoms with Crippen molar-refractivity contribution in [3.05, 3.63) is 47.0 Å². The highest BCUT2D eigenvalue weighted by Crippen LogP contribution is 2.38. The third kappa shape index (κ3) is 1.74. The molecule has 0 saturated heterocycles. The van der Waals surface area contributed by atoms with Crippen LogP contribution in [0.4, 0.5) is 0 Å². The second kappa shape index (κ2) is 4.01. The summed E-state index contributed by atoms with van der Waals surface area (Å²) >= 11 is 8.11. The zero-order valence-electron chi connectivity index (χ0n) is 9.83. The molecule has 0 amide bonds. The largest absolute Gasteiger partial charge is 0.135 e. The van der Waals surface area contributed by atoms with Gasteiger partial charge in [-0.05, 0) is 29.7 Å². The number of halogens is 1. The van der Waals surface area contributed by atoms with Crippen LogP contribution in [0.15, 0.2) is 36.4 Å². The van der Waals surface area contributed by atoms with Crippen LogP contribution in [0.2, 0.25) is 5.02 Å². The van der Waals surface area contributed by atoms with E-state index in [1.807, 2.05) is 23.5 Å². The molecule has 0 aliphatic rings. The van der Waals surface area contributed by atoms with Gasteiger partial charge in [-0.25, -0.2) is 0 Å². The molecule has 0 nitrogen and oxygen atoms in total. The van der Waals surface area contributed by atoms with Gasteiger partial charge in [0.15, 0.2) is 0 Å². The van der Waals surface area contributed by atoms with Gasteiger partial charge in [0.05, 0.1) is 0 Å². The number of benzene rings is 2. The normalized spacial score (nSPS) is 11.8. The fourth-order valence-electron chi connectivity index (χ4n) is 2.16. The van der Waals surface area contributed by atoms with Crippen LogP contribution >= 0.6 is 22.9 Å². The van der Waals surface area contributed by atoms with E-state index in [2.05, 4.69) is 38.1 Å². The molecule has 0 saturated carbocycles. The van der Waals surface area contributed by atoms with E-state index in [-0.39, 0.29) is 0 Å². The van der Waals surface area contributed by atoms with Crippen molar-refractivity contribution >= 4 is 43.1 Å². The molecule has 0 unspecified atom stereocenters. The van der Waals surface area contributed by atoms with Crippen molar-refractivity contribution < 1.29 is 0 Å². The molecule has 0 aliphatic heterocycles. The highest BCUT2D eigenvalue weighted by Gasteiger charge is 2.09. The molecule has 3 aromatic rings. The highest BCUT2D eigenvalue weighted by atomic mass is 35.5. The summed E-state index contributed by atoms with van der Waals surface area (Å²) in [5.41, 5.74) is 1.39. The van der Waals surface area contributed by atoms with Gasteiger partial charge >= 0.3 is 0 Å². The van der Waals surface area contributed by atoms with E-state index in [1.165, 1.54) is 25.7 Å². The molecule has 1 aromatic heterocycles. The molecule has 0 radical (unpaired) electrons. The maximum Gasteiger partial charge on any atom is 0.0499 e. The summed E-state index contributed by atoms with van der Waals surface area (Å²) in [6.45, 7) is 4.45. The van der Waals surface area contributed by atoms with Gasteiger partial charge in [-0.3, -0.25) is 0 Å². The zero-order valence-corrected chi connectivity index (χ0v) is 11.4. The number of thiophene rings is 1. The third-order valence-corrected chi connectivity index (χ3v) is 4.57. The van der Waals surface area contributed by atoms with E-state index in [9.17, 15) is 0 Å². The predicted octanol–water partition coefficient (Wildman–Crippen LogP) is 5.83. The van der Waals surface area contributed by atoms with Crippen LogP contribution in [-0.4, -0.2) is 0 Å². The SMILES string of the molecule is CC(C)c1ccc2c(c1)sc1cccc(Cl)c12. The van der Waals surface area contributed by atoms with Crippen LogP contribution in [0.25, 0.3) is 20.2 Å². The van der Waals surface area contributed by atoms with Gasteiger partial charge in [-0.2, -0.15) is 0 Å². The molecule has 0 aliphatic carbocycles. The Hall–Kier alpha value is -1.05. The first kappa shape index (κ1) is 11.1. The van der Waals surface area contributed by atoms with Crippen LogP contribution in [0.3, 0.4) is 0 Å². The average molecular weight is 261 g/mol. The first-order valence-electron chi connectivity index (χ1n) is 5.77. The Kier molecular flexibility index (Phi) is 2.61. The lowest BCUT2D eigenvalue weighted by atomic mass is 10.0. The second-order valence-corrected chi connectivity index (χ2v) is 6.12. The third-order valence-electron chi connectivity index (χ3n) is 3.14. The molecule has 0 N–H and O–H groups in total. The molecule has 0 spiro atoms. The van der Waals surface area contributed by atoms with Crippen LogP contribution < -0.4 is 0 Å². The van der Waals surface area contributed by atoms with Crippen molar-refractivity contribution in [1.82, 2.24) is 0 Å². The highest BCUT2D eigenvalue weighted by molar-refractivity contribution is 7.26. The second-order valence-electron chi connectivity index (χ2n) is 4.63. The van der Waals surface area contributed by atoms with Crippen LogP contribution in [-0.2, 0) is 0 Å². The van der Waals surface area contributed by atoms with Crippen molar-refractivity contribution in [3.63, 3.8) is 0 Å². The monoisotopic (exact) mass is 260 g/mol. The lowest BCUT2D eigenvalue weighted by Gasteiger charge is -2.04. The first-order valence-corrected chi connectivity index (χ1v) is 6.97. The van der Waals surface area contributed by atoms with E-state index >= 15 is 0 Å². The molecule has 2 heteroatoms. The lowest BCUT2D eigenvalue weighted by molar-refractivity contribution is 0.869. The minimum Gasteiger partial charge on any atom is -0.135 e. The molecule has 86 valence electrons. The summed E-state index contributed by atoms with van der Waals surface area (Å²) in [5.74, 6) is 0.570. The topological polar surface area (TPSA) is 0 Å². The maximum atomic E-state index is 6.29. The van der Waals surface area contributed by atoms with Gasteiger partial charge < -0.3 is 0 Å². The molecule has 1 heterocycles. The minimum atomic E-state index is 0.570. The summed E-state index contributed by atoms with van der Waals surface area (Å²) < 4.78 is 2.60. The molecular formula is C15H13ClS.